The predicted molar refractivity (Wildman–Crippen MR) is 132 cm³/mol. The maximum absolute atomic E-state index is 12.8. The van der Waals surface area contributed by atoms with E-state index < -0.39 is 36.5 Å². The van der Waals surface area contributed by atoms with Crippen molar-refractivity contribution in [3.05, 3.63) is 94.5 Å². The maximum Gasteiger partial charge on any atom is 0.407 e. The van der Waals surface area contributed by atoms with Crippen LogP contribution >= 0.6 is 11.6 Å². The summed E-state index contributed by atoms with van der Waals surface area (Å²) in [5.74, 6) is -2.00. The first kappa shape index (κ1) is 24.3. The van der Waals surface area contributed by atoms with Crippen LogP contribution in [-0.4, -0.2) is 35.7 Å². The number of nitrogens with one attached hydrogen (secondary N) is 2. The third-order valence-corrected chi connectivity index (χ3v) is 6.27. The maximum atomic E-state index is 12.8. The van der Waals surface area contributed by atoms with Crippen molar-refractivity contribution in [1.82, 2.24) is 10.6 Å². The van der Waals surface area contributed by atoms with Crippen LogP contribution in [0.5, 0.6) is 0 Å². The summed E-state index contributed by atoms with van der Waals surface area (Å²) < 4.78 is 5.47. The van der Waals surface area contributed by atoms with Gasteiger partial charge in [0, 0.05) is 10.9 Å². The quantitative estimate of drug-likeness (QED) is 0.415. The second-order valence-electron chi connectivity index (χ2n) is 8.41. The molecule has 7 nitrogen and oxygen atoms in total. The number of rotatable bonds is 8. The van der Waals surface area contributed by atoms with Crippen LogP contribution in [-0.2, 0) is 14.3 Å². The second-order valence-corrected chi connectivity index (χ2v) is 8.84. The van der Waals surface area contributed by atoms with Crippen molar-refractivity contribution in [3.8, 4) is 11.1 Å². The largest absolute Gasteiger partial charge is 0.481 e. The van der Waals surface area contributed by atoms with Gasteiger partial charge in [-0.1, -0.05) is 72.3 Å². The van der Waals surface area contributed by atoms with Gasteiger partial charge in [-0.05, 0) is 46.9 Å². The van der Waals surface area contributed by atoms with Crippen LogP contribution in [0.25, 0.3) is 11.1 Å². The normalized spacial score (nSPS) is 13.8. The number of hydrogen-bond acceptors (Lipinski definition) is 4. The standard InChI is InChI=1S/C27H25ClN2O5/c1-16(17-7-6-8-18(28)13-17)29-26(33)24(14-25(31)32)30-27(34)35-15-23-21-11-4-2-9-19(21)20-10-3-5-12-22(20)23/h2-13,16,23-24H,14-15H2,1H3,(H,29,33)(H,30,34)(H,31,32). The molecule has 0 bridgehead atoms. The Balaban J connectivity index is 1.41. The van der Waals surface area contributed by atoms with Crippen molar-refractivity contribution in [2.45, 2.75) is 31.3 Å². The first-order chi connectivity index (χ1) is 16.8. The molecular formula is C27H25ClN2O5. The number of benzene rings is 3. The van der Waals surface area contributed by atoms with Crippen molar-refractivity contribution >= 4 is 29.6 Å². The number of amides is 2. The van der Waals surface area contributed by atoms with Gasteiger partial charge < -0.3 is 20.5 Å². The van der Waals surface area contributed by atoms with Gasteiger partial charge in [-0.3, -0.25) is 9.59 Å². The molecule has 0 aromatic heterocycles. The lowest BCUT2D eigenvalue weighted by Crippen LogP contribution is -2.48. The van der Waals surface area contributed by atoms with Gasteiger partial charge in [0.2, 0.25) is 5.91 Å². The first-order valence-corrected chi connectivity index (χ1v) is 11.6. The molecule has 0 fully saturated rings. The Morgan fingerprint density at radius 1 is 0.943 bits per heavy atom. The molecule has 0 aliphatic heterocycles. The van der Waals surface area contributed by atoms with Gasteiger partial charge in [-0.2, -0.15) is 0 Å². The van der Waals surface area contributed by atoms with Crippen molar-refractivity contribution in [3.63, 3.8) is 0 Å². The fourth-order valence-corrected chi connectivity index (χ4v) is 4.54. The number of aliphatic carboxylic acids is 1. The van der Waals surface area contributed by atoms with Crippen LogP contribution in [0.3, 0.4) is 0 Å². The lowest BCUT2D eigenvalue weighted by atomic mass is 9.98. The Kier molecular flexibility index (Phi) is 7.36. The van der Waals surface area contributed by atoms with Crippen LogP contribution in [0.2, 0.25) is 5.02 Å². The van der Waals surface area contributed by atoms with Crippen LogP contribution in [0.4, 0.5) is 4.79 Å². The van der Waals surface area contributed by atoms with E-state index >= 15 is 0 Å². The highest BCUT2D eigenvalue weighted by Gasteiger charge is 2.30. The summed E-state index contributed by atoms with van der Waals surface area (Å²) in [7, 11) is 0. The molecule has 2 amide bonds. The summed E-state index contributed by atoms with van der Waals surface area (Å²) in [4.78, 5) is 36.7. The van der Waals surface area contributed by atoms with Crippen molar-refractivity contribution in [2.75, 3.05) is 6.61 Å². The number of hydrogen-bond donors (Lipinski definition) is 3. The number of carbonyl (C=O) groups excluding carboxylic acids is 2. The molecule has 0 spiro atoms. The minimum Gasteiger partial charge on any atom is -0.481 e. The summed E-state index contributed by atoms with van der Waals surface area (Å²) in [6.07, 6.45) is -1.44. The Morgan fingerprint density at radius 2 is 1.57 bits per heavy atom. The highest BCUT2D eigenvalue weighted by Crippen LogP contribution is 2.44. The van der Waals surface area contributed by atoms with E-state index in [4.69, 9.17) is 16.3 Å². The lowest BCUT2D eigenvalue weighted by molar-refractivity contribution is -0.140. The summed E-state index contributed by atoms with van der Waals surface area (Å²) in [5.41, 5.74) is 5.04. The number of carbonyl (C=O) groups is 3. The van der Waals surface area contributed by atoms with Gasteiger partial charge in [0.05, 0.1) is 12.5 Å². The van der Waals surface area contributed by atoms with E-state index in [1.165, 1.54) is 0 Å². The van der Waals surface area contributed by atoms with E-state index in [1.807, 2.05) is 48.5 Å². The van der Waals surface area contributed by atoms with Gasteiger partial charge in [0.1, 0.15) is 12.6 Å². The molecule has 3 N–H and O–H groups in total. The minimum atomic E-state index is -1.30. The minimum absolute atomic E-state index is 0.0557. The summed E-state index contributed by atoms with van der Waals surface area (Å²) in [6, 6.07) is 21.1. The van der Waals surface area contributed by atoms with E-state index in [0.29, 0.717) is 5.02 Å². The third-order valence-electron chi connectivity index (χ3n) is 6.04. The van der Waals surface area contributed by atoms with Crippen molar-refractivity contribution < 1.29 is 24.2 Å². The number of fused-ring (bicyclic) bond motifs is 3. The molecule has 2 unspecified atom stereocenters. The first-order valence-electron chi connectivity index (χ1n) is 11.2. The molecule has 1 aliphatic rings. The zero-order valence-corrected chi connectivity index (χ0v) is 19.8. The molecule has 2 atom stereocenters. The molecule has 0 heterocycles. The number of carboxylic acids is 1. The molecule has 4 rings (SSSR count). The van der Waals surface area contributed by atoms with E-state index in [9.17, 15) is 19.5 Å². The van der Waals surface area contributed by atoms with Crippen LogP contribution < -0.4 is 10.6 Å². The average molecular weight is 493 g/mol. The molecule has 3 aromatic carbocycles. The van der Waals surface area contributed by atoms with Crippen LogP contribution in [0.15, 0.2) is 72.8 Å². The summed E-state index contributed by atoms with van der Waals surface area (Å²) in [6.45, 7) is 1.80. The molecule has 0 saturated carbocycles. The van der Waals surface area contributed by atoms with Gasteiger partial charge in [-0.25, -0.2) is 4.79 Å². The predicted octanol–water partition coefficient (Wildman–Crippen LogP) is 4.90. The average Bonchev–Trinajstić information content (AvgIpc) is 3.15. The van der Waals surface area contributed by atoms with Gasteiger partial charge in [-0.15, -0.1) is 0 Å². The molecule has 3 aromatic rings. The number of halogens is 1. The Hall–Kier alpha value is -3.84. The third kappa shape index (κ3) is 5.63. The van der Waals surface area contributed by atoms with E-state index in [-0.39, 0.29) is 12.5 Å². The summed E-state index contributed by atoms with van der Waals surface area (Å²) >= 11 is 6.01. The van der Waals surface area contributed by atoms with E-state index in [1.54, 1.807) is 31.2 Å². The van der Waals surface area contributed by atoms with Crippen LogP contribution in [0, 0.1) is 0 Å². The smallest absolute Gasteiger partial charge is 0.407 e. The Labute approximate surface area is 208 Å². The molecule has 8 heteroatoms. The van der Waals surface area contributed by atoms with Gasteiger partial charge >= 0.3 is 12.1 Å². The molecule has 0 saturated heterocycles. The number of ether oxygens (including phenoxy) is 1. The molecule has 1 aliphatic carbocycles. The molecule has 180 valence electrons. The lowest BCUT2D eigenvalue weighted by Gasteiger charge is -2.21. The highest BCUT2D eigenvalue weighted by atomic mass is 35.5. The zero-order chi connectivity index (χ0) is 24.9. The van der Waals surface area contributed by atoms with Crippen molar-refractivity contribution in [1.29, 1.82) is 0 Å². The topological polar surface area (TPSA) is 105 Å². The van der Waals surface area contributed by atoms with Gasteiger partial charge in [0.25, 0.3) is 0 Å². The zero-order valence-electron chi connectivity index (χ0n) is 19.0. The fraction of sp³-hybridized carbons (Fsp3) is 0.222. The van der Waals surface area contributed by atoms with E-state index in [2.05, 4.69) is 10.6 Å². The van der Waals surface area contributed by atoms with Gasteiger partial charge in [0.15, 0.2) is 0 Å². The SMILES string of the molecule is CC(NC(=O)C(CC(=O)O)NC(=O)OCC1c2ccccc2-c2ccccc21)c1cccc(Cl)c1. The number of carboxylic acid groups (broad SMARTS) is 1. The van der Waals surface area contributed by atoms with Crippen molar-refractivity contribution in [2.24, 2.45) is 0 Å². The summed E-state index contributed by atoms with van der Waals surface area (Å²) in [5, 5.41) is 14.9. The monoisotopic (exact) mass is 492 g/mol. The highest BCUT2D eigenvalue weighted by molar-refractivity contribution is 6.30. The number of alkyl carbamates (subject to hydrolysis) is 1. The Bertz CT molecular complexity index is 1220. The molecule has 0 radical (unpaired) electrons. The Morgan fingerprint density at radius 3 is 2.17 bits per heavy atom. The fourth-order valence-electron chi connectivity index (χ4n) is 4.34. The van der Waals surface area contributed by atoms with E-state index in [0.717, 1.165) is 27.8 Å². The second kappa shape index (κ2) is 10.6. The molecular weight excluding hydrogens is 468 g/mol. The van der Waals surface area contributed by atoms with Crippen LogP contribution in [0.1, 0.15) is 42.0 Å². The molecule has 35 heavy (non-hydrogen) atoms.